The molecule has 0 aliphatic carbocycles. The van der Waals surface area contributed by atoms with Crippen LogP contribution in [0.15, 0.2) is 140 Å². The molecule has 5 nitrogen and oxygen atoms in total. The van der Waals surface area contributed by atoms with Crippen LogP contribution in [-0.2, 0) is 0 Å². The quantitative estimate of drug-likeness (QED) is 0.159. The maximum absolute atomic E-state index is 5.19. The second-order valence-corrected chi connectivity index (χ2v) is 10.9. The fraction of sp³-hybridized carbons (Fsp3) is 0. The minimum absolute atomic E-state index is 0.856. The SMILES string of the molecule is c1ccc(-c2c3ccccc3nc3c2ccc2ccc(-c4ccc(-c5cc6cccnc6c6ncccc56)nc4)nc23)cc1. The Balaban J connectivity index is 1.21. The molecular weight excluding hydrogens is 538 g/mol. The van der Waals surface area contributed by atoms with Crippen molar-refractivity contribution >= 4 is 54.5 Å². The number of benzene rings is 4. The van der Waals surface area contributed by atoms with Crippen molar-refractivity contribution in [1.29, 1.82) is 0 Å². The first-order chi connectivity index (χ1) is 21.8. The summed E-state index contributed by atoms with van der Waals surface area (Å²) in [4.78, 5) is 24.5. The van der Waals surface area contributed by atoms with Gasteiger partial charge in [-0.25, -0.2) is 9.97 Å². The predicted octanol–water partition coefficient (Wildman–Crippen LogP) is 9.43. The van der Waals surface area contributed by atoms with Gasteiger partial charge in [-0.05, 0) is 48.0 Å². The summed E-state index contributed by atoms with van der Waals surface area (Å²) in [5, 5.41) is 5.34. The average molecular weight is 562 g/mol. The third-order valence-corrected chi connectivity index (χ3v) is 8.37. The molecule has 0 fully saturated rings. The number of nitrogens with zero attached hydrogens (tertiary/aromatic N) is 5. The Morgan fingerprint density at radius 3 is 2.07 bits per heavy atom. The predicted molar refractivity (Wildman–Crippen MR) is 179 cm³/mol. The number of aromatic nitrogens is 5. The molecule has 0 saturated heterocycles. The van der Waals surface area contributed by atoms with Gasteiger partial charge in [0.2, 0.25) is 0 Å². The summed E-state index contributed by atoms with van der Waals surface area (Å²) in [6.45, 7) is 0. The van der Waals surface area contributed by atoms with Gasteiger partial charge in [0.1, 0.15) is 0 Å². The lowest BCUT2D eigenvalue weighted by molar-refractivity contribution is 1.30. The molecule has 4 aromatic carbocycles. The zero-order valence-electron chi connectivity index (χ0n) is 23.5. The van der Waals surface area contributed by atoms with E-state index in [2.05, 4.69) is 107 Å². The van der Waals surface area contributed by atoms with Crippen LogP contribution in [0, 0.1) is 0 Å². The molecule has 204 valence electrons. The molecular formula is C39H23N5. The van der Waals surface area contributed by atoms with E-state index in [-0.39, 0.29) is 0 Å². The number of hydrogen-bond donors (Lipinski definition) is 0. The molecule has 5 heteroatoms. The first-order valence-electron chi connectivity index (χ1n) is 14.6. The first-order valence-corrected chi connectivity index (χ1v) is 14.6. The minimum Gasteiger partial charge on any atom is -0.256 e. The van der Waals surface area contributed by atoms with E-state index in [4.69, 9.17) is 15.0 Å². The molecule has 0 atom stereocenters. The van der Waals surface area contributed by atoms with Crippen LogP contribution in [0.25, 0.3) is 88.2 Å². The highest BCUT2D eigenvalue weighted by molar-refractivity contribution is 6.16. The van der Waals surface area contributed by atoms with Crippen LogP contribution in [0.2, 0.25) is 0 Å². The summed E-state index contributed by atoms with van der Waals surface area (Å²) in [6.07, 6.45) is 5.53. The van der Waals surface area contributed by atoms with Crippen LogP contribution in [0.5, 0.6) is 0 Å². The monoisotopic (exact) mass is 561 g/mol. The van der Waals surface area contributed by atoms with Gasteiger partial charge in [-0.15, -0.1) is 0 Å². The number of para-hydroxylation sites is 1. The molecule has 9 rings (SSSR count). The van der Waals surface area contributed by atoms with Gasteiger partial charge in [-0.2, -0.15) is 0 Å². The molecule has 0 radical (unpaired) electrons. The van der Waals surface area contributed by atoms with E-state index < -0.39 is 0 Å². The van der Waals surface area contributed by atoms with E-state index in [9.17, 15) is 0 Å². The summed E-state index contributed by atoms with van der Waals surface area (Å²) >= 11 is 0. The van der Waals surface area contributed by atoms with Crippen molar-refractivity contribution in [2.24, 2.45) is 0 Å². The van der Waals surface area contributed by atoms with E-state index in [0.29, 0.717) is 0 Å². The van der Waals surface area contributed by atoms with Crippen molar-refractivity contribution in [2.75, 3.05) is 0 Å². The van der Waals surface area contributed by atoms with Crippen molar-refractivity contribution in [3.8, 4) is 33.6 Å². The lowest BCUT2D eigenvalue weighted by atomic mass is 9.95. The molecule has 5 aromatic heterocycles. The topological polar surface area (TPSA) is 64.5 Å². The van der Waals surface area contributed by atoms with Crippen molar-refractivity contribution in [1.82, 2.24) is 24.9 Å². The van der Waals surface area contributed by atoms with E-state index in [1.54, 1.807) is 0 Å². The number of pyridine rings is 5. The number of hydrogen-bond acceptors (Lipinski definition) is 5. The summed E-state index contributed by atoms with van der Waals surface area (Å²) in [5.74, 6) is 0. The van der Waals surface area contributed by atoms with Gasteiger partial charge in [0.15, 0.2) is 0 Å². The molecule has 0 unspecified atom stereocenters. The first kappa shape index (κ1) is 24.5. The summed E-state index contributed by atoms with van der Waals surface area (Å²) in [6, 6.07) is 41.7. The second-order valence-electron chi connectivity index (χ2n) is 10.9. The number of fused-ring (bicyclic) bond motifs is 7. The normalized spacial score (nSPS) is 11.6. The minimum atomic E-state index is 0.856. The van der Waals surface area contributed by atoms with Crippen LogP contribution in [0.4, 0.5) is 0 Å². The van der Waals surface area contributed by atoms with Crippen molar-refractivity contribution < 1.29 is 0 Å². The summed E-state index contributed by atoms with van der Waals surface area (Å²) in [7, 11) is 0. The summed E-state index contributed by atoms with van der Waals surface area (Å²) < 4.78 is 0. The maximum atomic E-state index is 5.19. The Kier molecular flexibility index (Phi) is 5.43. The van der Waals surface area contributed by atoms with Gasteiger partial charge in [0, 0.05) is 62.2 Å². The van der Waals surface area contributed by atoms with Crippen LogP contribution in [-0.4, -0.2) is 24.9 Å². The lowest BCUT2D eigenvalue weighted by Crippen LogP contribution is -1.94. The molecule has 0 N–H and O–H groups in total. The van der Waals surface area contributed by atoms with E-state index in [0.717, 1.165) is 77.0 Å². The smallest absolute Gasteiger partial charge is 0.0978 e. The van der Waals surface area contributed by atoms with Crippen molar-refractivity contribution in [2.45, 2.75) is 0 Å². The Hall–Kier alpha value is -6.07. The molecule has 9 aromatic rings. The van der Waals surface area contributed by atoms with Gasteiger partial charge < -0.3 is 0 Å². The van der Waals surface area contributed by atoms with E-state index >= 15 is 0 Å². The molecule has 0 spiro atoms. The van der Waals surface area contributed by atoms with Crippen LogP contribution in [0.1, 0.15) is 0 Å². The third-order valence-electron chi connectivity index (χ3n) is 8.37. The molecule has 0 aliphatic rings. The molecule has 5 heterocycles. The molecule has 0 bridgehead atoms. The average Bonchev–Trinajstić information content (AvgIpc) is 3.10. The highest BCUT2D eigenvalue weighted by Gasteiger charge is 2.15. The van der Waals surface area contributed by atoms with Gasteiger partial charge in [-0.3, -0.25) is 15.0 Å². The Morgan fingerprint density at radius 1 is 0.409 bits per heavy atom. The van der Waals surface area contributed by atoms with Gasteiger partial charge in [-0.1, -0.05) is 78.9 Å². The molecule has 0 saturated carbocycles. The highest BCUT2D eigenvalue weighted by atomic mass is 14.8. The molecule has 0 aliphatic heterocycles. The van der Waals surface area contributed by atoms with E-state index in [1.165, 1.54) is 11.1 Å². The zero-order chi connectivity index (χ0) is 29.0. The second kappa shape index (κ2) is 9.75. The Bertz CT molecular complexity index is 2540. The zero-order valence-corrected chi connectivity index (χ0v) is 23.5. The third kappa shape index (κ3) is 3.83. The largest absolute Gasteiger partial charge is 0.256 e. The molecule has 0 amide bonds. The Labute approximate surface area is 252 Å². The fourth-order valence-electron chi connectivity index (χ4n) is 6.31. The van der Waals surface area contributed by atoms with Gasteiger partial charge >= 0.3 is 0 Å². The van der Waals surface area contributed by atoms with Crippen LogP contribution in [0.3, 0.4) is 0 Å². The van der Waals surface area contributed by atoms with Crippen molar-refractivity contribution in [3.63, 3.8) is 0 Å². The summed E-state index contributed by atoms with van der Waals surface area (Å²) in [5.41, 5.74) is 10.6. The van der Waals surface area contributed by atoms with Gasteiger partial charge in [0.25, 0.3) is 0 Å². The maximum Gasteiger partial charge on any atom is 0.0978 e. The number of rotatable bonds is 3. The lowest BCUT2D eigenvalue weighted by Gasteiger charge is -2.13. The van der Waals surface area contributed by atoms with Crippen LogP contribution >= 0.6 is 0 Å². The Morgan fingerprint density at radius 2 is 1.18 bits per heavy atom. The van der Waals surface area contributed by atoms with Crippen molar-refractivity contribution in [3.05, 3.63) is 140 Å². The fourth-order valence-corrected chi connectivity index (χ4v) is 6.31. The molecule has 44 heavy (non-hydrogen) atoms. The van der Waals surface area contributed by atoms with Crippen LogP contribution < -0.4 is 0 Å². The van der Waals surface area contributed by atoms with E-state index in [1.807, 2.05) is 42.9 Å². The highest BCUT2D eigenvalue weighted by Crippen LogP contribution is 2.38. The standard InChI is InChI=1S/C39H23N5/c1-2-8-24(9-3-1)35-29-11-4-5-13-34(29)44-39-30(35)17-14-25-15-18-32(43-37(25)39)27-16-19-33(42-23-27)31-22-26-10-6-20-40-36(26)38-28(31)12-7-21-41-38/h1-23H. The van der Waals surface area contributed by atoms with Gasteiger partial charge in [0.05, 0.1) is 39.0 Å².